The van der Waals surface area contributed by atoms with Crippen molar-refractivity contribution in [2.45, 2.75) is 12.8 Å². The fourth-order valence-electron chi connectivity index (χ4n) is 2.38. The minimum atomic E-state index is -0.188. The lowest BCUT2D eigenvalue weighted by atomic mass is 9.89. The smallest absolute Gasteiger partial charge is 0.260 e. The van der Waals surface area contributed by atoms with E-state index in [0.29, 0.717) is 5.56 Å². The largest absolute Gasteiger partial charge is 0.497 e. The van der Waals surface area contributed by atoms with Crippen molar-refractivity contribution in [3.8, 4) is 16.9 Å². The zero-order valence-electron chi connectivity index (χ0n) is 10.4. The number of halogens is 1. The first-order chi connectivity index (χ1) is 8.69. The Kier molecular flexibility index (Phi) is 3.48. The van der Waals surface area contributed by atoms with Crippen molar-refractivity contribution in [2.24, 2.45) is 0 Å². The van der Waals surface area contributed by atoms with E-state index in [9.17, 15) is 4.79 Å². The summed E-state index contributed by atoms with van der Waals surface area (Å²) < 4.78 is 5.20. The summed E-state index contributed by atoms with van der Waals surface area (Å²) >= 11 is 0. The minimum absolute atomic E-state index is 0. The molecule has 3 N–H and O–H groups in total. The number of rotatable bonds is 1. The summed E-state index contributed by atoms with van der Waals surface area (Å²) in [5.74, 6) is 0.905. The van der Waals surface area contributed by atoms with E-state index >= 15 is 0 Å². The maximum Gasteiger partial charge on any atom is 0.260 e. The van der Waals surface area contributed by atoms with Crippen molar-refractivity contribution in [1.82, 2.24) is 9.97 Å². The summed E-state index contributed by atoms with van der Waals surface area (Å²) in [7, 11) is 1.61. The number of aromatic nitrogens is 2. The number of aromatic amines is 1. The van der Waals surface area contributed by atoms with Crippen LogP contribution in [0.2, 0.25) is 0 Å². The maximum atomic E-state index is 12.0. The number of nitrogen functional groups attached to an aromatic ring is 1. The number of nitrogens with two attached hydrogens (primary N) is 1. The first kappa shape index (κ1) is 13.4. The van der Waals surface area contributed by atoms with E-state index in [-0.39, 0.29) is 23.9 Å². The van der Waals surface area contributed by atoms with Crippen molar-refractivity contribution in [3.05, 3.63) is 39.8 Å². The molecular weight excluding hydrogens is 266 g/mol. The number of aryl methyl sites for hydroxylation is 2. The molecule has 1 aromatic carbocycles. The number of methoxy groups -OCH3 is 1. The number of fused-ring (bicyclic) bond motifs is 3. The molecule has 1 aliphatic rings. The van der Waals surface area contributed by atoms with E-state index in [1.54, 1.807) is 7.11 Å². The molecule has 0 amide bonds. The summed E-state index contributed by atoms with van der Waals surface area (Å²) in [5, 5.41) is 0. The number of nitrogens with one attached hydrogen (secondary N) is 1. The first-order valence-corrected chi connectivity index (χ1v) is 5.75. The molecule has 0 saturated carbocycles. The fourth-order valence-corrected chi connectivity index (χ4v) is 2.38. The zero-order chi connectivity index (χ0) is 12.7. The third-order valence-corrected chi connectivity index (χ3v) is 3.23. The van der Waals surface area contributed by atoms with E-state index < -0.39 is 0 Å². The second-order valence-corrected chi connectivity index (χ2v) is 4.30. The van der Waals surface area contributed by atoms with Crippen LogP contribution in [0.4, 0.5) is 5.95 Å². The van der Waals surface area contributed by atoms with E-state index in [2.05, 4.69) is 9.97 Å². The number of anilines is 1. The van der Waals surface area contributed by atoms with E-state index in [1.165, 1.54) is 0 Å². The van der Waals surface area contributed by atoms with Crippen molar-refractivity contribution in [1.29, 1.82) is 0 Å². The van der Waals surface area contributed by atoms with Gasteiger partial charge in [-0.25, -0.2) is 4.98 Å². The molecule has 100 valence electrons. The highest BCUT2D eigenvalue weighted by Gasteiger charge is 2.21. The van der Waals surface area contributed by atoms with Gasteiger partial charge in [0.1, 0.15) is 5.75 Å². The topological polar surface area (TPSA) is 81.0 Å². The van der Waals surface area contributed by atoms with Crippen LogP contribution in [0.1, 0.15) is 11.3 Å². The van der Waals surface area contributed by atoms with Gasteiger partial charge in [-0.3, -0.25) is 9.78 Å². The molecule has 0 radical (unpaired) electrons. The highest BCUT2D eigenvalue weighted by atomic mass is 35.5. The Morgan fingerprint density at radius 3 is 2.89 bits per heavy atom. The highest BCUT2D eigenvalue weighted by molar-refractivity contribution is 5.85. The number of benzene rings is 1. The number of H-pyrrole nitrogens is 1. The van der Waals surface area contributed by atoms with Gasteiger partial charge in [0.2, 0.25) is 5.95 Å². The molecule has 1 aromatic heterocycles. The van der Waals surface area contributed by atoms with Gasteiger partial charge in [0, 0.05) is 0 Å². The van der Waals surface area contributed by atoms with Gasteiger partial charge >= 0.3 is 0 Å². The molecule has 5 nitrogen and oxygen atoms in total. The lowest BCUT2D eigenvalue weighted by Gasteiger charge is -2.18. The fraction of sp³-hybridized carbons (Fsp3) is 0.231. The van der Waals surface area contributed by atoms with Crippen LogP contribution in [-0.2, 0) is 12.8 Å². The molecule has 2 aromatic rings. The summed E-state index contributed by atoms with van der Waals surface area (Å²) in [6, 6.07) is 5.77. The highest BCUT2D eigenvalue weighted by Crippen LogP contribution is 2.32. The van der Waals surface area contributed by atoms with Crippen molar-refractivity contribution >= 4 is 18.4 Å². The monoisotopic (exact) mass is 279 g/mol. The molecule has 0 spiro atoms. The quantitative estimate of drug-likeness (QED) is 0.830. The van der Waals surface area contributed by atoms with Crippen LogP contribution in [0.15, 0.2) is 23.0 Å². The SMILES string of the molecule is COc1ccc2c(c1)-c1c(nc(N)[nH]c1=O)CC2.Cl. The van der Waals surface area contributed by atoms with Gasteiger partial charge in [0.05, 0.1) is 18.4 Å². The molecule has 19 heavy (non-hydrogen) atoms. The molecule has 0 aliphatic heterocycles. The standard InChI is InChI=1S/C13H13N3O2.ClH/c1-18-8-4-2-7-3-5-10-11(9(7)6-8)12(17)16-13(14)15-10;/h2,4,6H,3,5H2,1H3,(H3,14,15,16,17);1H. The van der Waals surface area contributed by atoms with Crippen molar-refractivity contribution < 1.29 is 4.74 Å². The van der Waals surface area contributed by atoms with Gasteiger partial charge in [-0.05, 0) is 36.1 Å². The Balaban J connectivity index is 0.00000133. The summed E-state index contributed by atoms with van der Waals surface area (Å²) in [6.07, 6.45) is 1.60. The van der Waals surface area contributed by atoms with Crippen LogP contribution >= 0.6 is 12.4 Å². The Labute approximate surface area is 116 Å². The second kappa shape index (κ2) is 4.93. The maximum absolute atomic E-state index is 12.0. The Hall–Kier alpha value is -2.01. The molecule has 0 bridgehead atoms. The van der Waals surface area contributed by atoms with Crippen LogP contribution in [0.3, 0.4) is 0 Å². The van der Waals surface area contributed by atoms with Crippen LogP contribution in [-0.4, -0.2) is 17.1 Å². The number of nitrogens with zero attached hydrogens (tertiary/aromatic N) is 1. The Bertz CT molecular complexity index is 682. The lowest BCUT2D eigenvalue weighted by Crippen LogP contribution is -2.20. The predicted molar refractivity (Wildman–Crippen MR) is 75.9 cm³/mol. The lowest BCUT2D eigenvalue weighted by molar-refractivity contribution is 0.415. The Morgan fingerprint density at radius 1 is 1.37 bits per heavy atom. The molecule has 1 heterocycles. The van der Waals surface area contributed by atoms with Crippen LogP contribution in [0.5, 0.6) is 5.75 Å². The molecule has 3 rings (SSSR count). The summed E-state index contributed by atoms with van der Waals surface area (Å²) in [6.45, 7) is 0. The molecule has 6 heteroatoms. The Morgan fingerprint density at radius 2 is 2.16 bits per heavy atom. The minimum Gasteiger partial charge on any atom is -0.497 e. The van der Waals surface area contributed by atoms with E-state index in [0.717, 1.165) is 35.4 Å². The van der Waals surface area contributed by atoms with Gasteiger partial charge < -0.3 is 10.5 Å². The van der Waals surface area contributed by atoms with Gasteiger partial charge in [-0.15, -0.1) is 12.4 Å². The first-order valence-electron chi connectivity index (χ1n) is 5.75. The molecule has 0 atom stereocenters. The van der Waals surface area contributed by atoms with Crippen LogP contribution in [0.25, 0.3) is 11.1 Å². The molecule has 0 unspecified atom stereocenters. The number of ether oxygens (including phenoxy) is 1. The normalized spacial score (nSPS) is 12.1. The predicted octanol–water partition coefficient (Wildman–Crippen LogP) is 1.55. The molecule has 0 saturated heterocycles. The third kappa shape index (κ3) is 2.17. The van der Waals surface area contributed by atoms with Gasteiger partial charge in [0.15, 0.2) is 0 Å². The van der Waals surface area contributed by atoms with Crippen LogP contribution < -0.4 is 16.0 Å². The number of hydrogen-bond acceptors (Lipinski definition) is 4. The average Bonchev–Trinajstić information content (AvgIpc) is 2.36. The average molecular weight is 280 g/mol. The van der Waals surface area contributed by atoms with Gasteiger partial charge in [0.25, 0.3) is 5.56 Å². The van der Waals surface area contributed by atoms with Crippen LogP contribution in [0, 0.1) is 0 Å². The van der Waals surface area contributed by atoms with Crippen molar-refractivity contribution in [3.63, 3.8) is 0 Å². The molecular formula is C13H14ClN3O2. The summed E-state index contributed by atoms with van der Waals surface area (Å²) in [4.78, 5) is 18.8. The van der Waals surface area contributed by atoms with Gasteiger partial charge in [-0.1, -0.05) is 6.07 Å². The van der Waals surface area contributed by atoms with Crippen molar-refractivity contribution in [2.75, 3.05) is 12.8 Å². The number of hydrogen-bond donors (Lipinski definition) is 2. The van der Waals surface area contributed by atoms with E-state index in [1.807, 2.05) is 18.2 Å². The second-order valence-electron chi connectivity index (χ2n) is 4.30. The van der Waals surface area contributed by atoms with Gasteiger partial charge in [-0.2, -0.15) is 0 Å². The molecule has 0 fully saturated rings. The third-order valence-electron chi connectivity index (χ3n) is 3.23. The zero-order valence-corrected chi connectivity index (χ0v) is 11.2. The molecule has 1 aliphatic carbocycles. The summed E-state index contributed by atoms with van der Waals surface area (Å²) in [5.41, 5.74) is 8.79. The van der Waals surface area contributed by atoms with E-state index in [4.69, 9.17) is 10.5 Å².